The van der Waals surface area contributed by atoms with E-state index in [9.17, 15) is 19.8 Å². The Bertz CT molecular complexity index is 385. The second kappa shape index (κ2) is 7.04. The van der Waals surface area contributed by atoms with E-state index < -0.39 is 15.5 Å². The van der Waals surface area contributed by atoms with Gasteiger partial charge in [-0.25, -0.2) is 0 Å². The van der Waals surface area contributed by atoms with Gasteiger partial charge in [-0.1, -0.05) is 34.8 Å². The highest BCUT2D eigenvalue weighted by Crippen LogP contribution is 2.36. The van der Waals surface area contributed by atoms with Gasteiger partial charge in [0.05, 0.1) is 6.10 Å². The van der Waals surface area contributed by atoms with Gasteiger partial charge in [-0.05, 0) is 32.4 Å². The van der Waals surface area contributed by atoms with Crippen molar-refractivity contribution in [1.29, 1.82) is 0 Å². The SMILES string of the molecule is CC(=O)CC(=CC(Cl)(Cl)Cl)C(O)(CC(C)=O)C(C)O. The number of aliphatic hydroxyl groups is 2. The third-order valence-corrected chi connectivity index (χ3v) is 2.87. The summed E-state index contributed by atoms with van der Waals surface area (Å²) in [7, 11) is 0. The number of allylic oxidation sites excluding steroid dienone is 1. The third-order valence-electron chi connectivity index (χ3n) is 2.54. The highest BCUT2D eigenvalue weighted by molar-refractivity contribution is 6.69. The minimum Gasteiger partial charge on any atom is -0.390 e. The van der Waals surface area contributed by atoms with Crippen molar-refractivity contribution < 1.29 is 19.8 Å². The standard InChI is InChI=1S/C12H17Cl3O4/c1-7(16)4-10(6-12(13,14)15)11(19,9(3)18)5-8(2)17/h6,9,18-19H,4-5H2,1-3H3. The maximum atomic E-state index is 11.2. The first-order valence-electron chi connectivity index (χ1n) is 5.56. The van der Waals surface area contributed by atoms with Crippen LogP contribution < -0.4 is 0 Å². The van der Waals surface area contributed by atoms with Gasteiger partial charge in [-0.3, -0.25) is 9.59 Å². The molecular weight excluding hydrogens is 314 g/mol. The maximum absolute atomic E-state index is 11.2. The van der Waals surface area contributed by atoms with Crippen LogP contribution in [0.15, 0.2) is 11.6 Å². The first-order chi connectivity index (χ1) is 8.38. The lowest BCUT2D eigenvalue weighted by Crippen LogP contribution is -2.45. The van der Waals surface area contributed by atoms with Gasteiger partial charge in [0.2, 0.25) is 3.79 Å². The van der Waals surface area contributed by atoms with E-state index in [0.717, 1.165) is 6.08 Å². The highest BCUT2D eigenvalue weighted by Gasteiger charge is 2.39. The summed E-state index contributed by atoms with van der Waals surface area (Å²) in [6, 6.07) is 0. The van der Waals surface area contributed by atoms with Gasteiger partial charge < -0.3 is 10.2 Å². The molecule has 0 aromatic carbocycles. The average Bonchev–Trinajstić information content (AvgIpc) is 2.11. The van der Waals surface area contributed by atoms with E-state index in [1.165, 1.54) is 20.8 Å². The number of carbonyl (C=O) groups excluding carboxylic acids is 2. The highest BCUT2D eigenvalue weighted by atomic mass is 35.6. The lowest BCUT2D eigenvalue weighted by Gasteiger charge is -2.33. The zero-order chi connectivity index (χ0) is 15.4. The molecule has 0 fully saturated rings. The molecule has 0 aliphatic rings. The number of hydrogen-bond acceptors (Lipinski definition) is 4. The number of ketones is 2. The van der Waals surface area contributed by atoms with Crippen LogP contribution in [0.25, 0.3) is 0 Å². The van der Waals surface area contributed by atoms with Crippen molar-refractivity contribution in [3.63, 3.8) is 0 Å². The molecule has 19 heavy (non-hydrogen) atoms. The Balaban J connectivity index is 5.69. The first kappa shape index (κ1) is 18.9. The van der Waals surface area contributed by atoms with Gasteiger partial charge in [-0.15, -0.1) is 0 Å². The number of hydrogen-bond donors (Lipinski definition) is 2. The van der Waals surface area contributed by atoms with Crippen LogP contribution in [0.3, 0.4) is 0 Å². The summed E-state index contributed by atoms with van der Waals surface area (Å²) < 4.78 is -1.84. The molecule has 2 N–H and O–H groups in total. The number of halogens is 3. The normalized spacial score (nSPS) is 17.8. The fourth-order valence-corrected chi connectivity index (χ4v) is 2.10. The second-order valence-electron chi connectivity index (χ2n) is 4.57. The molecule has 0 saturated heterocycles. The van der Waals surface area contributed by atoms with E-state index >= 15 is 0 Å². The number of aliphatic hydroxyl groups excluding tert-OH is 1. The van der Waals surface area contributed by atoms with Crippen LogP contribution in [0.5, 0.6) is 0 Å². The number of Topliss-reactive ketones (excluding diaryl/α,β-unsaturated/α-hetero) is 2. The van der Waals surface area contributed by atoms with Crippen molar-refractivity contribution >= 4 is 46.4 Å². The van der Waals surface area contributed by atoms with Crippen LogP contribution >= 0.6 is 34.8 Å². The molecule has 2 atom stereocenters. The Morgan fingerprint density at radius 3 is 1.95 bits per heavy atom. The molecule has 0 rings (SSSR count). The van der Waals surface area contributed by atoms with Gasteiger partial charge in [-0.2, -0.15) is 0 Å². The van der Waals surface area contributed by atoms with Gasteiger partial charge >= 0.3 is 0 Å². The zero-order valence-electron chi connectivity index (χ0n) is 10.9. The fourth-order valence-electron chi connectivity index (χ4n) is 1.70. The largest absolute Gasteiger partial charge is 0.390 e. The molecule has 0 radical (unpaired) electrons. The van der Waals surface area contributed by atoms with Crippen LogP contribution in [0.4, 0.5) is 0 Å². The molecule has 0 bridgehead atoms. The van der Waals surface area contributed by atoms with E-state index in [1.807, 2.05) is 0 Å². The summed E-state index contributed by atoms with van der Waals surface area (Å²) in [5, 5.41) is 20.2. The summed E-state index contributed by atoms with van der Waals surface area (Å²) in [6.45, 7) is 3.85. The summed E-state index contributed by atoms with van der Waals surface area (Å²) in [4.78, 5) is 22.5. The summed E-state index contributed by atoms with van der Waals surface area (Å²) in [6.07, 6.45) is -0.823. The Labute approximate surface area is 127 Å². The molecule has 0 spiro atoms. The first-order valence-corrected chi connectivity index (χ1v) is 6.70. The lowest BCUT2D eigenvalue weighted by molar-refractivity contribution is -0.126. The molecule has 0 aromatic heterocycles. The zero-order valence-corrected chi connectivity index (χ0v) is 13.2. The Morgan fingerprint density at radius 1 is 1.21 bits per heavy atom. The molecule has 2 unspecified atom stereocenters. The predicted molar refractivity (Wildman–Crippen MR) is 75.6 cm³/mol. The van der Waals surface area contributed by atoms with E-state index in [4.69, 9.17) is 34.8 Å². The monoisotopic (exact) mass is 330 g/mol. The predicted octanol–water partition coefficient (Wildman–Crippen LogP) is 2.35. The molecule has 7 heteroatoms. The number of carbonyl (C=O) groups is 2. The van der Waals surface area contributed by atoms with Crippen molar-refractivity contribution in [3.05, 3.63) is 11.6 Å². The molecular formula is C12H17Cl3O4. The minimum atomic E-state index is -1.93. The maximum Gasteiger partial charge on any atom is 0.209 e. The third kappa shape index (κ3) is 6.72. The molecule has 0 saturated carbocycles. The molecule has 110 valence electrons. The van der Waals surface area contributed by atoms with E-state index in [-0.39, 0.29) is 30.0 Å². The van der Waals surface area contributed by atoms with Crippen LogP contribution in [0.2, 0.25) is 0 Å². The molecule has 4 nitrogen and oxygen atoms in total. The van der Waals surface area contributed by atoms with Gasteiger partial charge in [0, 0.05) is 12.8 Å². The van der Waals surface area contributed by atoms with Gasteiger partial charge in [0.15, 0.2) is 0 Å². The molecule has 0 aliphatic heterocycles. The quantitative estimate of drug-likeness (QED) is 0.579. The van der Waals surface area contributed by atoms with Gasteiger partial charge in [0.25, 0.3) is 0 Å². The van der Waals surface area contributed by atoms with Crippen LogP contribution in [0, 0.1) is 0 Å². The molecule has 0 aromatic rings. The van der Waals surface area contributed by atoms with Crippen molar-refractivity contribution in [1.82, 2.24) is 0 Å². The smallest absolute Gasteiger partial charge is 0.209 e. The van der Waals surface area contributed by atoms with Gasteiger partial charge in [0.1, 0.15) is 17.2 Å². The number of alkyl halides is 3. The van der Waals surface area contributed by atoms with E-state index in [2.05, 4.69) is 0 Å². The number of rotatable bonds is 6. The Hall–Kier alpha value is -0.130. The van der Waals surface area contributed by atoms with Crippen LogP contribution in [0.1, 0.15) is 33.6 Å². The van der Waals surface area contributed by atoms with E-state index in [1.54, 1.807) is 0 Å². The Kier molecular flexibility index (Phi) is 7.00. The van der Waals surface area contributed by atoms with Crippen LogP contribution in [-0.2, 0) is 9.59 Å². The Morgan fingerprint density at radius 2 is 1.68 bits per heavy atom. The van der Waals surface area contributed by atoms with Crippen LogP contribution in [-0.4, -0.2) is 37.3 Å². The fraction of sp³-hybridized carbons (Fsp3) is 0.667. The van der Waals surface area contributed by atoms with Crippen molar-refractivity contribution in [2.45, 2.75) is 49.1 Å². The summed E-state index contributed by atoms with van der Waals surface area (Å²) in [5.74, 6) is -0.648. The summed E-state index contributed by atoms with van der Waals surface area (Å²) >= 11 is 16.9. The van der Waals surface area contributed by atoms with Crippen molar-refractivity contribution in [3.8, 4) is 0 Å². The molecule has 0 amide bonds. The van der Waals surface area contributed by atoms with E-state index in [0.29, 0.717) is 0 Å². The molecule has 0 aliphatic carbocycles. The second-order valence-corrected chi connectivity index (χ2v) is 6.94. The summed E-state index contributed by atoms with van der Waals surface area (Å²) in [5.41, 5.74) is -1.91. The average molecular weight is 332 g/mol. The van der Waals surface area contributed by atoms with Crippen molar-refractivity contribution in [2.75, 3.05) is 0 Å². The molecule has 0 heterocycles. The van der Waals surface area contributed by atoms with Crippen molar-refractivity contribution in [2.24, 2.45) is 0 Å². The topological polar surface area (TPSA) is 74.6 Å². The lowest BCUT2D eigenvalue weighted by atomic mass is 9.81. The minimum absolute atomic E-state index is 0.0187.